The highest BCUT2D eigenvalue weighted by Crippen LogP contribution is 2.14. The molecule has 0 saturated heterocycles. The van der Waals surface area contributed by atoms with Crippen molar-refractivity contribution >= 4 is 5.97 Å². The summed E-state index contributed by atoms with van der Waals surface area (Å²) in [6.45, 7) is -1.70. The van der Waals surface area contributed by atoms with Crippen LogP contribution in [0.1, 0.15) is 0 Å². The number of carbonyl (C=O) groups is 1. The first-order valence-corrected chi connectivity index (χ1v) is 3.03. The van der Waals surface area contributed by atoms with E-state index >= 15 is 0 Å². The summed E-state index contributed by atoms with van der Waals surface area (Å²) in [6.07, 6.45) is -4.18. The highest BCUT2D eigenvalue weighted by Gasteiger charge is 2.29. The molecule has 0 radical (unpaired) electrons. The standard InChI is InChI=1S/C6H7F3O4/c1-12-4(10)2-5(11)13-3-6(7,8)9/h2,10H,3H2,1H3/b4-2+. The molecule has 0 aromatic carbocycles. The molecule has 0 saturated carbocycles. The van der Waals surface area contributed by atoms with Gasteiger partial charge >= 0.3 is 12.1 Å². The van der Waals surface area contributed by atoms with Gasteiger partial charge < -0.3 is 14.6 Å². The van der Waals surface area contributed by atoms with Crippen molar-refractivity contribution in [1.29, 1.82) is 0 Å². The topological polar surface area (TPSA) is 55.8 Å². The first-order chi connectivity index (χ1) is 5.85. The summed E-state index contributed by atoms with van der Waals surface area (Å²) in [6, 6.07) is 0. The van der Waals surface area contributed by atoms with Crippen molar-refractivity contribution in [3.63, 3.8) is 0 Å². The average molecular weight is 200 g/mol. The van der Waals surface area contributed by atoms with Gasteiger partial charge in [-0.25, -0.2) is 4.79 Å². The van der Waals surface area contributed by atoms with Gasteiger partial charge in [0.25, 0.3) is 5.95 Å². The second-order valence-corrected chi connectivity index (χ2v) is 1.91. The van der Waals surface area contributed by atoms with Crippen molar-refractivity contribution in [1.82, 2.24) is 0 Å². The molecule has 0 aliphatic heterocycles. The number of alkyl halides is 3. The van der Waals surface area contributed by atoms with Gasteiger partial charge in [-0.3, -0.25) is 0 Å². The maximum atomic E-state index is 11.4. The van der Waals surface area contributed by atoms with Crippen LogP contribution >= 0.6 is 0 Å². The predicted octanol–water partition coefficient (Wildman–Crippen LogP) is 1.14. The Morgan fingerprint density at radius 3 is 2.46 bits per heavy atom. The molecule has 0 heterocycles. The van der Waals surface area contributed by atoms with Crippen molar-refractivity contribution in [3.05, 3.63) is 12.0 Å². The molecule has 7 heteroatoms. The monoisotopic (exact) mass is 200 g/mol. The van der Waals surface area contributed by atoms with Crippen molar-refractivity contribution < 1.29 is 32.5 Å². The second kappa shape index (κ2) is 4.58. The first kappa shape index (κ1) is 11.6. The van der Waals surface area contributed by atoms with Crippen LogP contribution in [0, 0.1) is 0 Å². The lowest BCUT2D eigenvalue weighted by molar-refractivity contribution is -0.183. The van der Waals surface area contributed by atoms with Crippen LogP contribution in [0.2, 0.25) is 0 Å². The minimum Gasteiger partial charge on any atom is -0.481 e. The summed E-state index contributed by atoms with van der Waals surface area (Å²) in [7, 11) is 1.04. The molecule has 0 atom stereocenters. The van der Waals surface area contributed by atoms with E-state index in [1.807, 2.05) is 0 Å². The predicted molar refractivity (Wildman–Crippen MR) is 34.7 cm³/mol. The number of methoxy groups -OCH3 is 1. The summed E-state index contributed by atoms with van der Waals surface area (Å²) < 4.78 is 42.1. The molecule has 0 aromatic rings. The Morgan fingerprint density at radius 2 is 2.08 bits per heavy atom. The van der Waals surface area contributed by atoms with Gasteiger partial charge in [0.05, 0.1) is 7.11 Å². The minimum atomic E-state index is -4.58. The lowest BCUT2D eigenvalue weighted by atomic mass is 10.6. The molecule has 1 N–H and O–H groups in total. The maximum Gasteiger partial charge on any atom is 0.422 e. The summed E-state index contributed by atoms with van der Waals surface area (Å²) in [5, 5.41) is 8.51. The third-order valence-corrected chi connectivity index (χ3v) is 0.829. The molecule has 0 aliphatic rings. The minimum absolute atomic E-state index is 0.395. The normalized spacial score (nSPS) is 12.5. The van der Waals surface area contributed by atoms with Crippen LogP contribution in [-0.4, -0.2) is 31.0 Å². The van der Waals surface area contributed by atoms with E-state index in [0.29, 0.717) is 6.08 Å². The number of hydrogen-bond acceptors (Lipinski definition) is 4. The first-order valence-electron chi connectivity index (χ1n) is 3.03. The number of halogens is 3. The largest absolute Gasteiger partial charge is 0.481 e. The zero-order valence-corrected chi connectivity index (χ0v) is 6.59. The molecule has 0 unspecified atom stereocenters. The van der Waals surface area contributed by atoms with Gasteiger partial charge in [-0.2, -0.15) is 13.2 Å². The van der Waals surface area contributed by atoms with Crippen molar-refractivity contribution in [3.8, 4) is 0 Å². The van der Waals surface area contributed by atoms with Gasteiger partial charge in [0, 0.05) is 0 Å². The maximum absolute atomic E-state index is 11.4. The van der Waals surface area contributed by atoms with Crippen LogP contribution in [0.25, 0.3) is 0 Å². The Morgan fingerprint density at radius 1 is 1.54 bits per heavy atom. The third-order valence-electron chi connectivity index (χ3n) is 0.829. The SMILES string of the molecule is CO/C(O)=C/C(=O)OCC(F)(F)F. The molecule has 0 fully saturated rings. The molecule has 0 spiro atoms. The number of aliphatic hydroxyl groups excluding tert-OH is 1. The number of esters is 1. The fourth-order valence-corrected chi connectivity index (χ4v) is 0.354. The molecule has 4 nitrogen and oxygen atoms in total. The zero-order valence-electron chi connectivity index (χ0n) is 6.59. The molecule has 13 heavy (non-hydrogen) atoms. The number of hydrogen-bond donors (Lipinski definition) is 1. The van der Waals surface area contributed by atoms with Crippen LogP contribution in [0.3, 0.4) is 0 Å². The molecule has 0 bridgehead atoms. The molecular weight excluding hydrogens is 193 g/mol. The Kier molecular flexibility index (Phi) is 4.09. The average Bonchev–Trinajstić information content (AvgIpc) is 1.99. The lowest BCUT2D eigenvalue weighted by Gasteiger charge is -2.05. The van der Waals surface area contributed by atoms with Crippen molar-refractivity contribution in [2.24, 2.45) is 0 Å². The molecular formula is C6H7F3O4. The Hall–Kier alpha value is -1.40. The third kappa shape index (κ3) is 6.98. The smallest absolute Gasteiger partial charge is 0.422 e. The van der Waals surface area contributed by atoms with Crippen LogP contribution in [0.4, 0.5) is 13.2 Å². The van der Waals surface area contributed by atoms with Gasteiger partial charge in [-0.05, 0) is 0 Å². The van der Waals surface area contributed by atoms with Gasteiger partial charge in [-0.1, -0.05) is 0 Å². The number of aliphatic hydroxyl groups is 1. The number of rotatable bonds is 3. The van der Waals surface area contributed by atoms with Crippen LogP contribution in [0.15, 0.2) is 12.0 Å². The van der Waals surface area contributed by atoms with Crippen LogP contribution < -0.4 is 0 Å². The van der Waals surface area contributed by atoms with Crippen LogP contribution in [0.5, 0.6) is 0 Å². The zero-order chi connectivity index (χ0) is 10.5. The second-order valence-electron chi connectivity index (χ2n) is 1.91. The summed E-state index contributed by atoms with van der Waals surface area (Å²) in [4.78, 5) is 10.4. The van der Waals surface area contributed by atoms with E-state index in [4.69, 9.17) is 5.11 Å². The van der Waals surface area contributed by atoms with E-state index < -0.39 is 24.7 Å². The quantitative estimate of drug-likeness (QED) is 0.421. The van der Waals surface area contributed by atoms with E-state index in [9.17, 15) is 18.0 Å². The van der Waals surface area contributed by atoms with E-state index in [-0.39, 0.29) is 0 Å². The lowest BCUT2D eigenvalue weighted by Crippen LogP contribution is -2.19. The van der Waals surface area contributed by atoms with Gasteiger partial charge in [0.2, 0.25) is 0 Å². The fourth-order valence-electron chi connectivity index (χ4n) is 0.354. The summed E-state index contributed by atoms with van der Waals surface area (Å²) in [5.41, 5.74) is 0. The summed E-state index contributed by atoms with van der Waals surface area (Å²) >= 11 is 0. The van der Waals surface area contributed by atoms with E-state index in [1.54, 1.807) is 0 Å². The molecule has 0 aliphatic carbocycles. The summed E-state index contributed by atoms with van der Waals surface area (Å²) in [5.74, 6) is -2.14. The molecule has 0 amide bonds. The van der Waals surface area contributed by atoms with E-state index in [0.717, 1.165) is 7.11 Å². The van der Waals surface area contributed by atoms with Gasteiger partial charge in [-0.15, -0.1) is 0 Å². The fraction of sp³-hybridized carbons (Fsp3) is 0.500. The Balaban J connectivity index is 3.90. The molecule has 0 rings (SSSR count). The molecule has 0 aromatic heterocycles. The number of ether oxygens (including phenoxy) is 2. The number of carbonyl (C=O) groups excluding carboxylic acids is 1. The highest BCUT2D eigenvalue weighted by molar-refractivity contribution is 5.82. The van der Waals surface area contributed by atoms with Crippen LogP contribution in [-0.2, 0) is 14.3 Å². The van der Waals surface area contributed by atoms with Crippen molar-refractivity contribution in [2.75, 3.05) is 13.7 Å². The van der Waals surface area contributed by atoms with Crippen molar-refractivity contribution in [2.45, 2.75) is 6.18 Å². The van der Waals surface area contributed by atoms with E-state index in [1.165, 1.54) is 0 Å². The molecule has 76 valence electrons. The Bertz CT molecular complexity index is 208. The Labute approximate surface area is 71.6 Å². The van der Waals surface area contributed by atoms with Gasteiger partial charge in [0.1, 0.15) is 6.08 Å². The van der Waals surface area contributed by atoms with E-state index in [2.05, 4.69) is 9.47 Å². The highest BCUT2D eigenvalue weighted by atomic mass is 19.4. The van der Waals surface area contributed by atoms with Gasteiger partial charge in [0.15, 0.2) is 6.61 Å².